The molecule has 0 amide bonds. The van der Waals surface area contributed by atoms with Crippen molar-refractivity contribution in [1.29, 1.82) is 0 Å². The molecule has 0 saturated carbocycles. The summed E-state index contributed by atoms with van der Waals surface area (Å²) >= 11 is 0. The molecule has 3 nitrogen and oxygen atoms in total. The number of alkyl halides is 3. The molecule has 0 aromatic heterocycles. The summed E-state index contributed by atoms with van der Waals surface area (Å²) in [5.41, 5.74) is -0.0324. The van der Waals surface area contributed by atoms with Crippen molar-refractivity contribution < 1.29 is 25.8 Å². The van der Waals surface area contributed by atoms with Crippen LogP contribution in [0.5, 0.6) is 5.75 Å². The minimum absolute atomic E-state index is 0.243. The van der Waals surface area contributed by atoms with Gasteiger partial charge in [0.2, 0.25) is 0 Å². The van der Waals surface area contributed by atoms with Crippen molar-refractivity contribution in [3.8, 4) is 5.75 Å². The largest absolute Gasteiger partial charge is 0.534 e. The van der Waals surface area contributed by atoms with E-state index >= 15 is 0 Å². The number of rotatable bonds is 5. The van der Waals surface area contributed by atoms with Gasteiger partial charge in [-0.2, -0.15) is 21.6 Å². The second-order valence-corrected chi connectivity index (χ2v) is 11.3. The summed E-state index contributed by atoms with van der Waals surface area (Å²) in [5, 5.41) is 0. The van der Waals surface area contributed by atoms with Crippen LogP contribution in [0.3, 0.4) is 0 Å². The molecule has 0 spiro atoms. The average Bonchev–Trinajstić information content (AvgIpc) is 3.00. The third kappa shape index (κ3) is 4.69. The number of hydrogen-bond acceptors (Lipinski definition) is 3. The van der Waals surface area contributed by atoms with Crippen LogP contribution in [-0.4, -0.2) is 13.9 Å². The summed E-state index contributed by atoms with van der Waals surface area (Å²) in [5.74, 6) is 0.0422. The highest BCUT2D eigenvalue weighted by Crippen LogP contribution is 2.52. The molecule has 0 radical (unpaired) electrons. The normalized spacial score (nSPS) is 22.1. The minimum Gasteiger partial charge on any atom is -0.376 e. The van der Waals surface area contributed by atoms with Crippen LogP contribution >= 0.6 is 0 Å². The van der Waals surface area contributed by atoms with Crippen LogP contribution in [0, 0.1) is 5.92 Å². The highest BCUT2D eigenvalue weighted by Gasteiger charge is 2.49. The van der Waals surface area contributed by atoms with E-state index in [1.165, 1.54) is 28.8 Å². The lowest BCUT2D eigenvalue weighted by molar-refractivity contribution is -0.0500. The van der Waals surface area contributed by atoms with Gasteiger partial charge in [-0.25, -0.2) is 0 Å². The summed E-state index contributed by atoms with van der Waals surface area (Å²) in [4.78, 5) is 0. The zero-order valence-electron chi connectivity index (χ0n) is 19.7. The summed E-state index contributed by atoms with van der Waals surface area (Å²) in [6, 6.07) is 25.2. The maximum absolute atomic E-state index is 12.9. The van der Waals surface area contributed by atoms with Gasteiger partial charge >= 0.3 is 15.6 Å². The molecule has 2 aliphatic carbocycles. The smallest absolute Gasteiger partial charge is 0.376 e. The first kappa shape index (κ1) is 24.6. The zero-order chi connectivity index (χ0) is 25.4. The van der Waals surface area contributed by atoms with Crippen LogP contribution in [-0.2, 0) is 28.4 Å². The van der Waals surface area contributed by atoms with Crippen molar-refractivity contribution in [3.63, 3.8) is 0 Å². The Hall–Kier alpha value is -3.06. The first-order chi connectivity index (χ1) is 17.2. The van der Waals surface area contributed by atoms with Gasteiger partial charge in [0.15, 0.2) is 0 Å². The fraction of sp³-hybridized carbons (Fsp3) is 0.310. The third-order valence-electron chi connectivity index (χ3n) is 7.57. The molecule has 0 heterocycles. The monoisotopic (exact) mass is 512 g/mol. The van der Waals surface area contributed by atoms with Crippen molar-refractivity contribution in [1.82, 2.24) is 0 Å². The number of allylic oxidation sites excluding steroid dienone is 2. The van der Waals surface area contributed by atoms with E-state index in [1.54, 1.807) is 6.07 Å². The van der Waals surface area contributed by atoms with Gasteiger partial charge < -0.3 is 4.18 Å². The van der Waals surface area contributed by atoms with Crippen LogP contribution in [0.2, 0.25) is 0 Å². The Morgan fingerprint density at radius 2 is 1.64 bits per heavy atom. The van der Waals surface area contributed by atoms with E-state index in [-0.39, 0.29) is 11.2 Å². The molecule has 0 saturated heterocycles. The first-order valence-electron chi connectivity index (χ1n) is 12.1. The number of aryl methyl sites for hydroxylation is 1. The van der Waals surface area contributed by atoms with E-state index in [0.29, 0.717) is 12.3 Å². The maximum atomic E-state index is 12.9. The Kier molecular flexibility index (Phi) is 6.45. The number of fused-ring (bicyclic) bond motifs is 3. The standard InChI is InChI=1S/C29H27F3O3S/c30-29(31,32)36(33,34)35-26-14-15-27-24(19-26)12-7-13-25-18-23(22-10-5-2-6-11-22)16-17-28(25,27)20-21-8-3-1-4-9-21/h1-6,8-11,14-16,19,25H,7,12-13,17-18,20H2/t25-,28-/m0/s1. The fourth-order valence-electron chi connectivity index (χ4n) is 5.91. The molecular formula is C29H27F3O3S. The Bertz CT molecular complexity index is 1370. The van der Waals surface area contributed by atoms with Gasteiger partial charge in [0.05, 0.1) is 0 Å². The highest BCUT2D eigenvalue weighted by atomic mass is 32.2. The minimum atomic E-state index is -5.72. The molecule has 2 atom stereocenters. The maximum Gasteiger partial charge on any atom is 0.534 e. The second-order valence-electron chi connectivity index (χ2n) is 9.71. The molecule has 0 unspecified atom stereocenters. The van der Waals surface area contributed by atoms with Gasteiger partial charge in [0.1, 0.15) is 5.75 Å². The Balaban J connectivity index is 1.58. The summed E-state index contributed by atoms with van der Waals surface area (Å²) in [6.07, 6.45) is 7.32. The third-order valence-corrected chi connectivity index (χ3v) is 8.55. The Labute approximate surface area is 209 Å². The molecule has 0 bridgehead atoms. The molecule has 0 fully saturated rings. The molecule has 0 aliphatic heterocycles. The highest BCUT2D eigenvalue weighted by molar-refractivity contribution is 7.88. The van der Waals surface area contributed by atoms with Crippen molar-refractivity contribution in [2.45, 2.75) is 49.4 Å². The lowest BCUT2D eigenvalue weighted by Crippen LogP contribution is -2.39. The van der Waals surface area contributed by atoms with Gasteiger partial charge in [-0.3, -0.25) is 0 Å². The average molecular weight is 513 g/mol. The molecule has 7 heteroatoms. The van der Waals surface area contributed by atoms with Crippen molar-refractivity contribution in [2.24, 2.45) is 5.92 Å². The van der Waals surface area contributed by atoms with Crippen molar-refractivity contribution in [3.05, 3.63) is 107 Å². The van der Waals surface area contributed by atoms with Crippen LogP contribution in [0.1, 0.15) is 47.9 Å². The van der Waals surface area contributed by atoms with E-state index < -0.39 is 15.6 Å². The van der Waals surface area contributed by atoms with Crippen LogP contribution in [0.15, 0.2) is 84.9 Å². The van der Waals surface area contributed by atoms with E-state index in [0.717, 1.165) is 43.2 Å². The van der Waals surface area contributed by atoms with E-state index in [4.69, 9.17) is 0 Å². The lowest BCUT2D eigenvalue weighted by atomic mass is 9.59. The predicted molar refractivity (Wildman–Crippen MR) is 134 cm³/mol. The van der Waals surface area contributed by atoms with E-state index in [2.05, 4.69) is 34.5 Å². The topological polar surface area (TPSA) is 43.4 Å². The fourth-order valence-corrected chi connectivity index (χ4v) is 6.36. The van der Waals surface area contributed by atoms with E-state index in [9.17, 15) is 21.6 Å². The lowest BCUT2D eigenvalue weighted by Gasteiger charge is -2.44. The van der Waals surface area contributed by atoms with Crippen LogP contribution in [0.25, 0.3) is 5.57 Å². The first-order valence-corrected chi connectivity index (χ1v) is 13.5. The Morgan fingerprint density at radius 1 is 0.944 bits per heavy atom. The summed E-state index contributed by atoms with van der Waals surface area (Å²) < 4.78 is 66.4. The quantitative estimate of drug-likeness (QED) is 0.268. The van der Waals surface area contributed by atoms with Crippen LogP contribution < -0.4 is 4.18 Å². The van der Waals surface area contributed by atoms with Gasteiger partial charge in [0, 0.05) is 5.41 Å². The number of benzene rings is 3. The van der Waals surface area contributed by atoms with Crippen molar-refractivity contribution in [2.75, 3.05) is 0 Å². The molecule has 2 aliphatic rings. The predicted octanol–water partition coefficient (Wildman–Crippen LogP) is 7.23. The molecule has 5 rings (SSSR count). The molecule has 188 valence electrons. The zero-order valence-corrected chi connectivity index (χ0v) is 20.5. The number of hydrogen-bond donors (Lipinski definition) is 0. The Morgan fingerprint density at radius 3 is 2.33 bits per heavy atom. The van der Waals surface area contributed by atoms with Gasteiger partial charge in [-0.1, -0.05) is 72.8 Å². The molecular weight excluding hydrogens is 485 g/mol. The molecule has 3 aromatic rings. The van der Waals surface area contributed by atoms with Gasteiger partial charge in [-0.15, -0.1) is 0 Å². The van der Waals surface area contributed by atoms with Crippen molar-refractivity contribution >= 4 is 15.7 Å². The molecule has 3 aromatic carbocycles. The van der Waals surface area contributed by atoms with Gasteiger partial charge in [-0.05, 0) is 84.4 Å². The molecule has 0 N–H and O–H groups in total. The second kappa shape index (κ2) is 9.43. The summed E-state index contributed by atoms with van der Waals surface area (Å²) in [6.45, 7) is 0. The molecule has 36 heavy (non-hydrogen) atoms. The summed E-state index contributed by atoms with van der Waals surface area (Å²) in [7, 11) is -5.72. The van der Waals surface area contributed by atoms with E-state index in [1.807, 2.05) is 36.4 Å². The van der Waals surface area contributed by atoms with Gasteiger partial charge in [0.25, 0.3) is 0 Å². The van der Waals surface area contributed by atoms with Crippen LogP contribution in [0.4, 0.5) is 13.2 Å². The number of halogens is 3. The SMILES string of the molecule is O=S(=O)(Oc1ccc2c(c1)CCC[C@H]1CC(c3ccccc3)=CC[C@@]21Cc1ccccc1)C(F)(F)F.